The lowest BCUT2D eigenvalue weighted by Gasteiger charge is -2.21. The Hall–Kier alpha value is -3.92. The summed E-state index contributed by atoms with van der Waals surface area (Å²) >= 11 is 0. The number of aryl methyl sites for hydroxylation is 1. The number of carbonyl (C=O) groups is 1. The van der Waals surface area contributed by atoms with E-state index in [-0.39, 0.29) is 5.75 Å². The van der Waals surface area contributed by atoms with Crippen molar-refractivity contribution < 1.29 is 22.9 Å². The van der Waals surface area contributed by atoms with E-state index in [4.69, 9.17) is 4.74 Å². The van der Waals surface area contributed by atoms with Crippen LogP contribution in [0.2, 0.25) is 0 Å². The van der Waals surface area contributed by atoms with Gasteiger partial charge in [-0.3, -0.25) is 10.1 Å². The predicted molar refractivity (Wildman–Crippen MR) is 128 cm³/mol. The third-order valence-electron chi connectivity index (χ3n) is 4.59. The number of urea groups is 1. The summed E-state index contributed by atoms with van der Waals surface area (Å²) in [6.45, 7) is 7.03. The van der Waals surface area contributed by atoms with E-state index < -0.39 is 37.1 Å². The number of ether oxygens (including phenoxy) is 1. The largest absolute Gasteiger partial charge is 0.456 e. The topological polar surface area (TPSA) is 128 Å². The van der Waals surface area contributed by atoms with Crippen LogP contribution in [0.1, 0.15) is 26.3 Å². The number of hydrogen-bond donors (Lipinski definition) is 2. The number of rotatable bonds is 6. The van der Waals surface area contributed by atoms with Gasteiger partial charge in [0, 0.05) is 17.7 Å². The molecule has 2 amide bonds. The van der Waals surface area contributed by atoms with Gasteiger partial charge in [0.15, 0.2) is 0 Å². The zero-order chi connectivity index (χ0) is 25.1. The molecule has 0 bridgehead atoms. The van der Waals surface area contributed by atoms with Gasteiger partial charge >= 0.3 is 6.03 Å². The molecular weight excluding hydrogens is 458 g/mol. The van der Waals surface area contributed by atoms with E-state index in [1.807, 2.05) is 42.0 Å². The van der Waals surface area contributed by atoms with Crippen molar-refractivity contribution in [1.82, 2.24) is 10.0 Å². The fraction of sp³-hybridized carbons (Fsp3) is 0.208. The number of nitro groups is 1. The van der Waals surface area contributed by atoms with Crippen LogP contribution in [-0.4, -0.2) is 24.9 Å². The maximum atomic E-state index is 13.0. The molecule has 0 aliphatic heterocycles. The van der Waals surface area contributed by atoms with Gasteiger partial charge in [0.05, 0.1) is 4.92 Å². The zero-order valence-electron chi connectivity index (χ0n) is 19.2. The molecule has 9 nitrogen and oxygen atoms in total. The first-order chi connectivity index (χ1) is 15.8. The molecule has 0 fully saturated rings. The van der Waals surface area contributed by atoms with Crippen molar-refractivity contribution in [2.45, 2.75) is 38.1 Å². The van der Waals surface area contributed by atoms with Gasteiger partial charge in [-0.05, 0) is 57.0 Å². The minimum atomic E-state index is -4.50. The summed E-state index contributed by atoms with van der Waals surface area (Å²) in [5, 5.41) is 13.7. The standard InChI is InChI=1S/C24H25N3O6S/c1-16-8-10-17(11-9-16)18-6-5-7-20(14-18)33-21-13-12-19(27(29)30)15-22(21)34(31,32)26-23(28)25-24(2,3)4/h5-15H,1-4H3,(H2,25,26,28). The average molecular weight is 484 g/mol. The van der Waals surface area contributed by atoms with Gasteiger partial charge < -0.3 is 10.1 Å². The van der Waals surface area contributed by atoms with Gasteiger partial charge in [-0.15, -0.1) is 0 Å². The van der Waals surface area contributed by atoms with Crippen LogP contribution in [0.4, 0.5) is 10.5 Å². The summed E-state index contributed by atoms with van der Waals surface area (Å²) in [5.74, 6) is 0.158. The Morgan fingerprint density at radius 3 is 2.26 bits per heavy atom. The van der Waals surface area contributed by atoms with Crippen LogP contribution in [-0.2, 0) is 10.0 Å². The molecule has 0 atom stereocenters. The number of nitrogens with zero attached hydrogens (tertiary/aromatic N) is 1. The first kappa shape index (κ1) is 24.7. The molecule has 0 saturated carbocycles. The molecule has 0 aliphatic carbocycles. The number of benzene rings is 3. The molecule has 178 valence electrons. The van der Waals surface area contributed by atoms with E-state index in [1.54, 1.807) is 39.0 Å². The average Bonchev–Trinajstić information content (AvgIpc) is 2.72. The summed E-state index contributed by atoms with van der Waals surface area (Å²) in [5.41, 5.74) is 1.73. The molecule has 3 aromatic rings. The highest BCUT2D eigenvalue weighted by atomic mass is 32.2. The highest BCUT2D eigenvalue weighted by Crippen LogP contribution is 2.33. The molecule has 0 aromatic heterocycles. The minimum Gasteiger partial charge on any atom is -0.456 e. The van der Waals surface area contributed by atoms with E-state index in [9.17, 15) is 23.3 Å². The number of non-ortho nitro benzene ring substituents is 1. The third kappa shape index (κ3) is 6.32. The molecule has 0 heterocycles. The molecule has 0 unspecified atom stereocenters. The molecule has 0 spiro atoms. The zero-order valence-corrected chi connectivity index (χ0v) is 20.0. The van der Waals surface area contributed by atoms with E-state index in [0.29, 0.717) is 5.75 Å². The van der Waals surface area contributed by atoms with Crippen molar-refractivity contribution in [2.24, 2.45) is 0 Å². The van der Waals surface area contributed by atoms with Crippen molar-refractivity contribution in [2.75, 3.05) is 0 Å². The van der Waals surface area contributed by atoms with Crippen LogP contribution in [0, 0.1) is 17.0 Å². The maximum Gasteiger partial charge on any atom is 0.329 e. The van der Waals surface area contributed by atoms with Gasteiger partial charge in [0.25, 0.3) is 15.7 Å². The Labute approximate surface area is 198 Å². The Morgan fingerprint density at radius 2 is 1.65 bits per heavy atom. The number of nitrogens with one attached hydrogen (secondary N) is 2. The summed E-state index contributed by atoms with van der Waals surface area (Å²) in [6.07, 6.45) is 0. The van der Waals surface area contributed by atoms with Crippen LogP contribution < -0.4 is 14.8 Å². The Kier molecular flexibility index (Phi) is 6.92. The van der Waals surface area contributed by atoms with Gasteiger partial charge in [-0.25, -0.2) is 17.9 Å². The molecule has 10 heteroatoms. The molecular formula is C24H25N3O6S. The number of carbonyl (C=O) groups excluding carboxylic acids is 1. The molecule has 0 radical (unpaired) electrons. The smallest absolute Gasteiger partial charge is 0.329 e. The number of sulfonamides is 1. The van der Waals surface area contributed by atoms with Crippen molar-refractivity contribution in [3.05, 3.63) is 82.4 Å². The highest BCUT2D eigenvalue weighted by Gasteiger charge is 2.27. The second kappa shape index (κ2) is 9.52. The molecule has 3 aromatic carbocycles. The van der Waals surface area contributed by atoms with Crippen LogP contribution in [0.25, 0.3) is 11.1 Å². The van der Waals surface area contributed by atoms with Gasteiger partial charge in [0.1, 0.15) is 16.4 Å². The highest BCUT2D eigenvalue weighted by molar-refractivity contribution is 7.90. The minimum absolute atomic E-state index is 0.164. The summed E-state index contributed by atoms with van der Waals surface area (Å²) in [4.78, 5) is 22.2. The van der Waals surface area contributed by atoms with Gasteiger partial charge in [0.2, 0.25) is 0 Å². The van der Waals surface area contributed by atoms with Gasteiger partial charge in [-0.2, -0.15) is 0 Å². The van der Waals surface area contributed by atoms with Crippen LogP contribution in [0.15, 0.2) is 71.6 Å². The number of amides is 2. The lowest BCUT2D eigenvalue weighted by atomic mass is 10.0. The first-order valence-electron chi connectivity index (χ1n) is 10.3. The summed E-state index contributed by atoms with van der Waals surface area (Å²) in [6, 6.07) is 17.0. The van der Waals surface area contributed by atoms with E-state index in [2.05, 4.69) is 5.32 Å². The first-order valence-corrected chi connectivity index (χ1v) is 11.8. The van der Waals surface area contributed by atoms with Crippen LogP contribution in [0.3, 0.4) is 0 Å². The summed E-state index contributed by atoms with van der Waals surface area (Å²) in [7, 11) is -4.50. The molecule has 3 rings (SSSR count). The second-order valence-corrected chi connectivity index (χ2v) is 10.3. The van der Waals surface area contributed by atoms with Crippen LogP contribution in [0.5, 0.6) is 11.5 Å². The number of nitro benzene ring substituents is 1. The fourth-order valence-corrected chi connectivity index (χ4v) is 4.12. The van der Waals surface area contributed by atoms with Gasteiger partial charge in [-0.1, -0.05) is 42.0 Å². The van der Waals surface area contributed by atoms with E-state index in [1.165, 1.54) is 6.07 Å². The van der Waals surface area contributed by atoms with Crippen molar-refractivity contribution in [3.63, 3.8) is 0 Å². The Balaban J connectivity index is 1.98. The van der Waals surface area contributed by atoms with Crippen molar-refractivity contribution in [3.8, 4) is 22.6 Å². The third-order valence-corrected chi connectivity index (χ3v) is 5.94. The normalized spacial score (nSPS) is 11.5. The van der Waals surface area contributed by atoms with E-state index in [0.717, 1.165) is 28.8 Å². The lowest BCUT2D eigenvalue weighted by Crippen LogP contribution is -2.48. The predicted octanol–water partition coefficient (Wildman–Crippen LogP) is 5.15. The Morgan fingerprint density at radius 1 is 0.971 bits per heavy atom. The van der Waals surface area contributed by atoms with Crippen LogP contribution >= 0.6 is 0 Å². The Bertz CT molecular complexity index is 1330. The fourth-order valence-electron chi connectivity index (χ4n) is 3.06. The second-order valence-electron chi connectivity index (χ2n) is 8.69. The SMILES string of the molecule is Cc1ccc(-c2cccc(Oc3ccc([N+](=O)[O-])cc3S(=O)(=O)NC(=O)NC(C)(C)C)c2)cc1. The quantitative estimate of drug-likeness (QED) is 0.369. The molecule has 2 N–H and O–H groups in total. The van der Waals surface area contributed by atoms with Crippen molar-refractivity contribution in [1.29, 1.82) is 0 Å². The molecule has 34 heavy (non-hydrogen) atoms. The molecule has 0 aliphatic rings. The molecule has 0 saturated heterocycles. The van der Waals surface area contributed by atoms with E-state index >= 15 is 0 Å². The number of hydrogen-bond acceptors (Lipinski definition) is 6. The monoisotopic (exact) mass is 483 g/mol. The maximum absolute atomic E-state index is 13.0. The summed E-state index contributed by atoms with van der Waals surface area (Å²) < 4.78 is 33.6. The lowest BCUT2D eigenvalue weighted by molar-refractivity contribution is -0.385. The van der Waals surface area contributed by atoms with Crippen molar-refractivity contribution >= 4 is 21.7 Å².